The summed E-state index contributed by atoms with van der Waals surface area (Å²) in [6, 6.07) is 20.2. The van der Waals surface area contributed by atoms with Crippen LogP contribution in [0.1, 0.15) is 70.1 Å². The van der Waals surface area contributed by atoms with Crippen LogP contribution >= 0.6 is 0 Å². The molecule has 9 heteroatoms. The molecular weight excluding hydrogens is 562 g/mol. The van der Waals surface area contributed by atoms with Crippen LogP contribution in [-0.4, -0.2) is 50.9 Å². The molecule has 0 aliphatic carbocycles. The molecule has 0 fully saturated rings. The van der Waals surface area contributed by atoms with E-state index in [1.54, 1.807) is 55.6 Å². The second-order valence-corrected chi connectivity index (χ2v) is 13.0. The highest BCUT2D eigenvalue weighted by molar-refractivity contribution is 7.92. The molecule has 232 valence electrons. The van der Waals surface area contributed by atoms with Gasteiger partial charge >= 0.3 is 0 Å². The molecule has 0 saturated carbocycles. The fraction of sp³-hybridized carbons (Fsp3) is 0.412. The Morgan fingerprint density at radius 2 is 1.47 bits per heavy atom. The molecule has 3 aromatic carbocycles. The zero-order chi connectivity index (χ0) is 31.7. The third-order valence-corrected chi connectivity index (χ3v) is 9.42. The van der Waals surface area contributed by atoms with Gasteiger partial charge in [0, 0.05) is 12.6 Å². The SMILES string of the molecule is CC[C@H](C(=O)N[C@@H](C)CC)N(Cc1ccc(OC)cc1)C(=O)CN(c1ccc(C(C)C)cc1)S(=O)(=O)c1ccc(C)cc1. The van der Waals surface area contributed by atoms with Gasteiger partial charge in [0.1, 0.15) is 18.3 Å². The van der Waals surface area contributed by atoms with Crippen molar-refractivity contribution in [3.63, 3.8) is 0 Å². The maximum Gasteiger partial charge on any atom is 0.264 e. The predicted molar refractivity (Wildman–Crippen MR) is 172 cm³/mol. The lowest BCUT2D eigenvalue weighted by atomic mass is 10.0. The summed E-state index contributed by atoms with van der Waals surface area (Å²) in [5.74, 6) is 0.175. The summed E-state index contributed by atoms with van der Waals surface area (Å²) in [7, 11) is -2.54. The van der Waals surface area contributed by atoms with E-state index >= 15 is 0 Å². The third-order valence-electron chi connectivity index (χ3n) is 7.63. The van der Waals surface area contributed by atoms with Crippen LogP contribution in [0.4, 0.5) is 5.69 Å². The smallest absolute Gasteiger partial charge is 0.264 e. The van der Waals surface area contributed by atoms with Gasteiger partial charge in [-0.3, -0.25) is 13.9 Å². The van der Waals surface area contributed by atoms with Crippen LogP contribution in [0.2, 0.25) is 0 Å². The fourth-order valence-electron chi connectivity index (χ4n) is 4.68. The Bertz CT molecular complexity index is 1450. The Morgan fingerprint density at radius 3 is 1.98 bits per heavy atom. The maximum atomic E-state index is 14.2. The van der Waals surface area contributed by atoms with Gasteiger partial charge in [-0.15, -0.1) is 0 Å². The van der Waals surface area contributed by atoms with Crippen LogP contribution < -0.4 is 14.4 Å². The first-order chi connectivity index (χ1) is 20.4. The molecule has 8 nitrogen and oxygen atoms in total. The molecule has 2 atom stereocenters. The molecule has 0 saturated heterocycles. The molecule has 0 aliphatic heterocycles. The van der Waals surface area contributed by atoms with Crippen LogP contribution in [0, 0.1) is 6.92 Å². The van der Waals surface area contributed by atoms with E-state index in [2.05, 4.69) is 19.2 Å². The molecule has 0 aromatic heterocycles. The summed E-state index contributed by atoms with van der Waals surface area (Å²) in [5.41, 5.74) is 3.14. The van der Waals surface area contributed by atoms with Gasteiger partial charge in [-0.05, 0) is 80.1 Å². The van der Waals surface area contributed by atoms with Gasteiger partial charge in [0.25, 0.3) is 10.0 Å². The highest BCUT2D eigenvalue weighted by Crippen LogP contribution is 2.27. The molecule has 0 heterocycles. The molecule has 2 amide bonds. The van der Waals surface area contributed by atoms with Gasteiger partial charge in [-0.1, -0.05) is 69.7 Å². The average Bonchev–Trinajstić information content (AvgIpc) is 3.00. The van der Waals surface area contributed by atoms with Crippen molar-refractivity contribution in [3.05, 3.63) is 89.5 Å². The average molecular weight is 608 g/mol. The highest BCUT2D eigenvalue weighted by atomic mass is 32.2. The van der Waals surface area contributed by atoms with Crippen molar-refractivity contribution in [1.29, 1.82) is 0 Å². The molecule has 0 bridgehead atoms. The van der Waals surface area contributed by atoms with Gasteiger partial charge in [-0.25, -0.2) is 8.42 Å². The molecule has 0 radical (unpaired) electrons. The van der Waals surface area contributed by atoms with Crippen molar-refractivity contribution in [2.75, 3.05) is 18.0 Å². The first kappa shape index (κ1) is 33.6. The lowest BCUT2D eigenvalue weighted by Crippen LogP contribution is -2.53. The number of nitrogens with one attached hydrogen (secondary N) is 1. The maximum absolute atomic E-state index is 14.2. The van der Waals surface area contributed by atoms with Crippen LogP contribution in [0.3, 0.4) is 0 Å². The summed E-state index contributed by atoms with van der Waals surface area (Å²) in [6.07, 6.45) is 1.10. The highest BCUT2D eigenvalue weighted by Gasteiger charge is 2.34. The number of sulfonamides is 1. The van der Waals surface area contributed by atoms with Gasteiger partial charge in [0.2, 0.25) is 11.8 Å². The van der Waals surface area contributed by atoms with Gasteiger partial charge in [-0.2, -0.15) is 0 Å². The number of aryl methyl sites for hydroxylation is 1. The summed E-state index contributed by atoms with van der Waals surface area (Å²) in [4.78, 5) is 29.2. The van der Waals surface area contributed by atoms with E-state index < -0.39 is 28.5 Å². The third kappa shape index (κ3) is 8.60. The molecule has 43 heavy (non-hydrogen) atoms. The summed E-state index contributed by atoms with van der Waals surface area (Å²) in [5, 5.41) is 3.00. The molecule has 0 unspecified atom stereocenters. The molecule has 3 aromatic rings. The quantitative estimate of drug-likeness (QED) is 0.241. The number of carbonyl (C=O) groups is 2. The van der Waals surface area contributed by atoms with Gasteiger partial charge < -0.3 is 15.0 Å². The predicted octanol–water partition coefficient (Wildman–Crippen LogP) is 6.04. The summed E-state index contributed by atoms with van der Waals surface area (Å²) >= 11 is 0. The van der Waals surface area contributed by atoms with Crippen molar-refractivity contribution in [1.82, 2.24) is 10.2 Å². The van der Waals surface area contributed by atoms with Crippen molar-refractivity contribution in [3.8, 4) is 5.75 Å². The van der Waals surface area contributed by atoms with Crippen LogP contribution in [0.15, 0.2) is 77.7 Å². The minimum absolute atomic E-state index is 0.0719. The fourth-order valence-corrected chi connectivity index (χ4v) is 6.09. The monoisotopic (exact) mass is 607 g/mol. The van der Waals surface area contributed by atoms with E-state index in [-0.39, 0.29) is 29.3 Å². The summed E-state index contributed by atoms with van der Waals surface area (Å²) < 4.78 is 34.6. The molecule has 0 spiro atoms. The summed E-state index contributed by atoms with van der Waals surface area (Å²) in [6.45, 7) is 11.4. The molecular formula is C34H45N3O5S. The first-order valence-electron chi connectivity index (χ1n) is 14.8. The molecule has 3 rings (SSSR count). The van der Waals surface area contributed by atoms with Crippen LogP contribution in [0.5, 0.6) is 5.75 Å². The van der Waals surface area contributed by atoms with Gasteiger partial charge in [0.05, 0.1) is 17.7 Å². The van der Waals surface area contributed by atoms with Crippen molar-refractivity contribution in [2.24, 2.45) is 0 Å². The van der Waals surface area contributed by atoms with Crippen molar-refractivity contribution >= 4 is 27.5 Å². The Hall–Kier alpha value is -3.85. The minimum atomic E-state index is -4.12. The number of ether oxygens (including phenoxy) is 1. The Balaban J connectivity index is 2.07. The largest absolute Gasteiger partial charge is 0.497 e. The number of hydrogen-bond donors (Lipinski definition) is 1. The topological polar surface area (TPSA) is 96.0 Å². The first-order valence-corrected chi connectivity index (χ1v) is 16.3. The number of rotatable bonds is 14. The lowest BCUT2D eigenvalue weighted by Gasteiger charge is -2.33. The van der Waals surface area contributed by atoms with Crippen LogP contribution in [-0.2, 0) is 26.2 Å². The number of benzene rings is 3. The van der Waals surface area contributed by atoms with E-state index in [4.69, 9.17) is 4.74 Å². The lowest BCUT2D eigenvalue weighted by molar-refractivity contribution is -0.140. The van der Waals surface area contributed by atoms with E-state index in [0.717, 1.165) is 27.4 Å². The van der Waals surface area contributed by atoms with E-state index in [1.165, 1.54) is 4.90 Å². The van der Waals surface area contributed by atoms with E-state index in [0.29, 0.717) is 17.9 Å². The minimum Gasteiger partial charge on any atom is -0.497 e. The number of nitrogens with zero attached hydrogens (tertiary/aromatic N) is 2. The molecule has 1 N–H and O–H groups in total. The van der Waals surface area contributed by atoms with Crippen molar-refractivity contribution in [2.45, 2.75) is 83.8 Å². The van der Waals surface area contributed by atoms with E-state index in [9.17, 15) is 18.0 Å². The van der Waals surface area contributed by atoms with E-state index in [1.807, 2.05) is 52.0 Å². The normalized spacial score (nSPS) is 12.8. The van der Waals surface area contributed by atoms with Gasteiger partial charge in [0.15, 0.2) is 0 Å². The second-order valence-electron chi connectivity index (χ2n) is 11.2. The number of methoxy groups -OCH3 is 1. The van der Waals surface area contributed by atoms with Crippen molar-refractivity contribution < 1.29 is 22.7 Å². The second kappa shape index (κ2) is 15.0. The number of carbonyl (C=O) groups excluding carboxylic acids is 2. The zero-order valence-corrected chi connectivity index (χ0v) is 27.1. The Labute approximate surface area is 257 Å². The standard InChI is InChI=1S/C34H45N3O5S/c1-8-26(6)35-34(39)32(9-2)36(22-27-12-18-30(42-7)19-13-27)33(38)23-37(29-16-14-28(15-17-29)24(3)4)43(40,41)31-20-10-25(5)11-21-31/h10-21,24,26,32H,8-9,22-23H2,1-7H3,(H,35,39)/t26-,32+/m0/s1. The number of amides is 2. The Morgan fingerprint density at radius 1 is 0.860 bits per heavy atom. The molecule has 0 aliphatic rings. The zero-order valence-electron chi connectivity index (χ0n) is 26.3. The van der Waals surface area contributed by atoms with Crippen LogP contribution in [0.25, 0.3) is 0 Å². The number of anilines is 1. The Kier molecular flexibility index (Phi) is 11.8. The number of hydrogen-bond acceptors (Lipinski definition) is 5.